The Morgan fingerprint density at radius 1 is 1.06 bits per heavy atom. The van der Waals surface area contributed by atoms with Gasteiger partial charge < -0.3 is 9.47 Å². The Kier molecular flexibility index (Phi) is 7.63. The van der Waals surface area contributed by atoms with Crippen LogP contribution in [0.5, 0.6) is 5.75 Å². The number of nitrogens with zero attached hydrogens (tertiary/aromatic N) is 1. The van der Waals surface area contributed by atoms with E-state index in [0.717, 1.165) is 27.6 Å². The van der Waals surface area contributed by atoms with E-state index in [9.17, 15) is 13.2 Å². The molecule has 0 aliphatic heterocycles. The van der Waals surface area contributed by atoms with Crippen molar-refractivity contribution in [1.82, 2.24) is 4.31 Å². The van der Waals surface area contributed by atoms with Gasteiger partial charge >= 0.3 is 6.09 Å². The van der Waals surface area contributed by atoms with E-state index in [1.807, 2.05) is 30.3 Å². The fourth-order valence-electron chi connectivity index (χ4n) is 3.90. The number of rotatable bonds is 6. The molecule has 35 heavy (non-hydrogen) atoms. The lowest BCUT2D eigenvalue weighted by molar-refractivity contribution is 0.0282. The van der Waals surface area contributed by atoms with Gasteiger partial charge in [-0.25, -0.2) is 13.2 Å². The highest BCUT2D eigenvalue weighted by Gasteiger charge is 2.41. The molecule has 0 aromatic heterocycles. The fourth-order valence-corrected chi connectivity index (χ4v) is 5.73. The van der Waals surface area contributed by atoms with Gasteiger partial charge in [-0.2, -0.15) is 4.31 Å². The maximum absolute atomic E-state index is 13.4. The second kappa shape index (κ2) is 9.86. The van der Waals surface area contributed by atoms with Gasteiger partial charge in [0, 0.05) is 10.6 Å². The Morgan fingerprint density at radius 2 is 1.69 bits per heavy atom. The molecule has 6 nitrogen and oxygen atoms in total. The van der Waals surface area contributed by atoms with Gasteiger partial charge in [0.25, 0.3) is 10.0 Å². The van der Waals surface area contributed by atoms with E-state index >= 15 is 0 Å². The molecule has 0 radical (unpaired) electrons. The summed E-state index contributed by atoms with van der Waals surface area (Å²) < 4.78 is 38.4. The summed E-state index contributed by atoms with van der Waals surface area (Å²) in [5, 5.41) is 0.644. The van der Waals surface area contributed by atoms with Gasteiger partial charge in [0.2, 0.25) is 0 Å². The van der Waals surface area contributed by atoms with Gasteiger partial charge in [-0.3, -0.25) is 0 Å². The number of ether oxygens (including phenoxy) is 2. The van der Waals surface area contributed by atoms with Crippen LogP contribution in [0, 0.1) is 5.92 Å². The van der Waals surface area contributed by atoms with Crippen LogP contribution in [0.2, 0.25) is 5.02 Å². The third-order valence-corrected chi connectivity index (χ3v) is 7.85. The SMILES string of the molecule is COc1ccc(Cl)cc1/C=C/[C@H]1C[C@@H]1c1ccc(S(=O)(=O)N(C(=O)OC(C)(C)C)C(C)(C)C)cc1. The molecule has 2 aromatic carbocycles. The molecule has 0 unspecified atom stereocenters. The second-order valence-corrected chi connectivity index (χ2v) is 13.0. The van der Waals surface area contributed by atoms with Gasteiger partial charge in [0.05, 0.1) is 17.5 Å². The summed E-state index contributed by atoms with van der Waals surface area (Å²) in [6, 6.07) is 12.3. The van der Waals surface area contributed by atoms with Gasteiger partial charge in [-0.05, 0) is 95.7 Å². The number of halogens is 1. The highest BCUT2D eigenvalue weighted by Crippen LogP contribution is 2.49. The molecule has 1 fully saturated rings. The van der Waals surface area contributed by atoms with Crippen LogP contribution >= 0.6 is 11.6 Å². The molecule has 3 rings (SSSR count). The molecular formula is C27H34ClNO5S. The smallest absolute Gasteiger partial charge is 0.424 e. The monoisotopic (exact) mass is 519 g/mol. The van der Waals surface area contributed by atoms with Crippen LogP contribution in [0.3, 0.4) is 0 Å². The van der Waals surface area contributed by atoms with Crippen molar-refractivity contribution in [3.8, 4) is 5.75 Å². The molecule has 0 saturated heterocycles. The zero-order valence-corrected chi connectivity index (χ0v) is 22.9. The maximum atomic E-state index is 13.4. The van der Waals surface area contributed by atoms with E-state index in [2.05, 4.69) is 6.08 Å². The maximum Gasteiger partial charge on any atom is 0.424 e. The van der Waals surface area contributed by atoms with E-state index in [-0.39, 0.29) is 4.90 Å². The summed E-state index contributed by atoms with van der Waals surface area (Å²) in [4.78, 5) is 12.9. The summed E-state index contributed by atoms with van der Waals surface area (Å²) in [6.45, 7) is 10.1. The third-order valence-electron chi connectivity index (χ3n) is 5.57. The minimum Gasteiger partial charge on any atom is -0.496 e. The first-order valence-corrected chi connectivity index (χ1v) is 13.4. The predicted octanol–water partition coefficient (Wildman–Crippen LogP) is 6.89. The van der Waals surface area contributed by atoms with E-state index < -0.39 is 27.3 Å². The molecule has 190 valence electrons. The van der Waals surface area contributed by atoms with Crippen molar-refractivity contribution in [2.24, 2.45) is 5.92 Å². The number of sulfonamides is 1. The van der Waals surface area contributed by atoms with Crippen molar-refractivity contribution in [3.63, 3.8) is 0 Å². The summed E-state index contributed by atoms with van der Waals surface area (Å²) in [6.07, 6.45) is 4.22. The molecule has 1 aliphatic rings. The van der Waals surface area contributed by atoms with Crippen LogP contribution < -0.4 is 4.74 Å². The second-order valence-electron chi connectivity index (χ2n) is 10.7. The van der Waals surface area contributed by atoms with Crippen LogP contribution in [-0.2, 0) is 14.8 Å². The summed E-state index contributed by atoms with van der Waals surface area (Å²) >= 11 is 6.11. The molecule has 0 N–H and O–H groups in total. The highest BCUT2D eigenvalue weighted by atomic mass is 35.5. The highest BCUT2D eigenvalue weighted by molar-refractivity contribution is 7.89. The number of methoxy groups -OCH3 is 1. The molecule has 0 heterocycles. The van der Waals surface area contributed by atoms with Crippen molar-refractivity contribution in [2.75, 3.05) is 7.11 Å². The first kappa shape index (κ1) is 27.1. The zero-order chi connectivity index (χ0) is 26.2. The Bertz CT molecular complexity index is 1210. The molecule has 0 bridgehead atoms. The van der Waals surface area contributed by atoms with Crippen LogP contribution in [0.25, 0.3) is 6.08 Å². The lowest BCUT2D eigenvalue weighted by atomic mass is 10.1. The number of benzene rings is 2. The molecule has 1 amide bonds. The molecule has 1 aliphatic carbocycles. The Hall–Kier alpha value is -2.51. The lowest BCUT2D eigenvalue weighted by Crippen LogP contribution is -2.51. The van der Waals surface area contributed by atoms with E-state index in [4.69, 9.17) is 21.1 Å². The van der Waals surface area contributed by atoms with Crippen LogP contribution in [0.1, 0.15) is 65.0 Å². The minimum atomic E-state index is -4.11. The van der Waals surface area contributed by atoms with Gasteiger partial charge in [0.1, 0.15) is 11.4 Å². The van der Waals surface area contributed by atoms with Crippen molar-refractivity contribution in [3.05, 3.63) is 64.7 Å². The van der Waals surface area contributed by atoms with E-state index in [0.29, 0.717) is 16.9 Å². The third kappa shape index (κ3) is 6.58. The number of carbonyl (C=O) groups excluding carboxylic acids is 1. The molecular weight excluding hydrogens is 486 g/mol. The lowest BCUT2D eigenvalue weighted by Gasteiger charge is -2.35. The first-order chi connectivity index (χ1) is 16.1. The van der Waals surface area contributed by atoms with Crippen LogP contribution in [-0.4, -0.2) is 37.1 Å². The van der Waals surface area contributed by atoms with Crippen molar-refractivity contribution in [2.45, 2.75) is 69.9 Å². The molecule has 8 heteroatoms. The Labute approximate surface area is 213 Å². The quantitative estimate of drug-likeness (QED) is 0.415. The van der Waals surface area contributed by atoms with Crippen molar-refractivity contribution < 1.29 is 22.7 Å². The van der Waals surface area contributed by atoms with Crippen molar-refractivity contribution in [1.29, 1.82) is 0 Å². The van der Waals surface area contributed by atoms with Crippen LogP contribution in [0.15, 0.2) is 53.4 Å². The largest absolute Gasteiger partial charge is 0.496 e. The first-order valence-electron chi connectivity index (χ1n) is 11.5. The van der Waals surface area contributed by atoms with E-state index in [1.54, 1.807) is 66.9 Å². The Morgan fingerprint density at radius 3 is 2.23 bits per heavy atom. The summed E-state index contributed by atoms with van der Waals surface area (Å²) in [5.74, 6) is 1.40. The zero-order valence-electron chi connectivity index (χ0n) is 21.3. The summed E-state index contributed by atoms with van der Waals surface area (Å²) in [5.41, 5.74) is 0.157. The molecule has 2 aromatic rings. The molecule has 2 atom stereocenters. The average Bonchev–Trinajstić information content (AvgIpc) is 3.49. The topological polar surface area (TPSA) is 72.9 Å². The Balaban J connectivity index is 1.77. The minimum absolute atomic E-state index is 0.0541. The number of hydrogen-bond donors (Lipinski definition) is 0. The normalized spacial score (nSPS) is 18.4. The average molecular weight is 520 g/mol. The van der Waals surface area contributed by atoms with Gasteiger partial charge in [0.15, 0.2) is 0 Å². The van der Waals surface area contributed by atoms with E-state index in [1.165, 1.54) is 0 Å². The number of amides is 1. The number of hydrogen-bond acceptors (Lipinski definition) is 5. The fraction of sp³-hybridized carbons (Fsp3) is 0.444. The van der Waals surface area contributed by atoms with Crippen molar-refractivity contribution >= 4 is 33.8 Å². The molecule has 0 spiro atoms. The summed E-state index contributed by atoms with van der Waals surface area (Å²) in [7, 11) is -2.48. The van der Waals surface area contributed by atoms with Gasteiger partial charge in [-0.1, -0.05) is 35.9 Å². The number of carbonyl (C=O) groups is 1. The predicted molar refractivity (Wildman–Crippen MR) is 139 cm³/mol. The molecule has 1 saturated carbocycles. The number of allylic oxidation sites excluding steroid dienone is 1. The van der Waals surface area contributed by atoms with Crippen LogP contribution in [0.4, 0.5) is 4.79 Å². The standard InChI is InChI=1S/C27H34ClNO5S/c1-26(2,3)29(25(30)34-27(4,5)6)35(31,32)22-13-10-18(11-14-22)23-17-19(23)8-9-20-16-21(28)12-15-24(20)33-7/h8-16,19,23H,17H2,1-7H3/b9-8+/t19-,23+/m0/s1. The van der Waals surface area contributed by atoms with Gasteiger partial charge in [-0.15, -0.1) is 0 Å².